The fourth-order valence-electron chi connectivity index (χ4n) is 2.07. The Morgan fingerprint density at radius 3 is 2.64 bits per heavy atom. The number of hydrogen-bond acceptors (Lipinski definition) is 5. The normalized spacial score (nSPS) is 10.1. The molecule has 0 unspecified atom stereocenters. The van der Waals surface area contributed by atoms with Gasteiger partial charge in [-0.3, -0.25) is 0 Å². The summed E-state index contributed by atoms with van der Waals surface area (Å²) >= 11 is 0. The van der Waals surface area contributed by atoms with Gasteiger partial charge in [-0.15, -0.1) is 0 Å². The number of aromatic carboxylic acids is 1. The molecule has 0 aliphatic heterocycles. The highest BCUT2D eigenvalue weighted by atomic mass is 16.5. The number of carbonyl (C=O) groups is 1. The van der Waals surface area contributed by atoms with Gasteiger partial charge in [0.05, 0.1) is 12.7 Å². The van der Waals surface area contributed by atoms with E-state index in [0.717, 1.165) is 0 Å². The Labute approximate surface area is 128 Å². The van der Waals surface area contributed by atoms with Crippen molar-refractivity contribution in [1.82, 2.24) is 0 Å². The molecule has 2 rings (SSSR count). The van der Waals surface area contributed by atoms with Crippen molar-refractivity contribution in [3.05, 3.63) is 53.6 Å². The van der Waals surface area contributed by atoms with Crippen LogP contribution in [0.25, 0.3) is 0 Å². The number of benzene rings is 2. The average Bonchev–Trinajstić information content (AvgIpc) is 2.52. The number of methoxy groups -OCH3 is 1. The van der Waals surface area contributed by atoms with E-state index in [9.17, 15) is 14.8 Å². The number of anilines is 1. The second-order valence-electron chi connectivity index (χ2n) is 4.68. The molecular weight excluding hydrogens is 285 g/mol. The molecule has 0 aliphatic rings. The molecule has 0 fully saturated rings. The predicted octanol–water partition coefficient (Wildman–Crippen LogP) is 0.685. The zero-order valence-electron chi connectivity index (χ0n) is 12.0. The van der Waals surface area contributed by atoms with E-state index in [1.54, 1.807) is 30.3 Å². The van der Waals surface area contributed by atoms with Gasteiger partial charge in [0.1, 0.15) is 5.75 Å². The molecule has 0 aromatic heterocycles. The first kappa shape index (κ1) is 15.9. The summed E-state index contributed by atoms with van der Waals surface area (Å²) in [4.78, 5) is 10.9. The molecule has 0 aliphatic carbocycles. The summed E-state index contributed by atoms with van der Waals surface area (Å²) in [5.74, 6) is -0.406. The van der Waals surface area contributed by atoms with Crippen LogP contribution >= 0.6 is 0 Å². The smallest absolute Gasteiger partial charge is 0.488 e. The van der Waals surface area contributed by atoms with Crippen molar-refractivity contribution in [2.45, 2.75) is 6.54 Å². The first-order chi connectivity index (χ1) is 10.5. The molecule has 0 amide bonds. The molecule has 2 aromatic carbocycles. The molecule has 6 nitrogen and oxygen atoms in total. The van der Waals surface area contributed by atoms with Crippen molar-refractivity contribution in [2.24, 2.45) is 0 Å². The quantitative estimate of drug-likeness (QED) is 0.586. The third-order valence-corrected chi connectivity index (χ3v) is 3.22. The van der Waals surface area contributed by atoms with Gasteiger partial charge in [-0.25, -0.2) is 4.79 Å². The SMILES string of the molecule is COc1ccc(B(O)O)c(CNc2cccc(C(=O)O)c2)c1. The minimum absolute atomic E-state index is 0.179. The van der Waals surface area contributed by atoms with E-state index < -0.39 is 13.1 Å². The fraction of sp³-hybridized carbons (Fsp3) is 0.133. The highest BCUT2D eigenvalue weighted by molar-refractivity contribution is 6.59. The van der Waals surface area contributed by atoms with Crippen molar-refractivity contribution < 1.29 is 24.7 Å². The van der Waals surface area contributed by atoms with Crippen molar-refractivity contribution in [3.8, 4) is 5.75 Å². The molecule has 4 N–H and O–H groups in total. The maximum Gasteiger partial charge on any atom is 0.488 e. The summed E-state index contributed by atoms with van der Waals surface area (Å²) in [5.41, 5.74) is 1.82. The number of nitrogens with one attached hydrogen (secondary N) is 1. The standard InChI is InChI=1S/C15H16BNO5/c1-22-13-5-6-14(16(20)21)11(8-13)9-17-12-4-2-3-10(7-12)15(18)19/h2-8,17,20-21H,9H2,1H3,(H,18,19). The Hall–Kier alpha value is -2.51. The number of hydrogen-bond donors (Lipinski definition) is 4. The van der Waals surface area contributed by atoms with Gasteiger partial charge in [0.15, 0.2) is 0 Å². The summed E-state index contributed by atoms with van der Waals surface area (Å²) in [7, 11) is -0.0640. The lowest BCUT2D eigenvalue weighted by atomic mass is 9.77. The van der Waals surface area contributed by atoms with Gasteiger partial charge in [-0.2, -0.15) is 0 Å². The van der Waals surface area contributed by atoms with Crippen LogP contribution in [0.5, 0.6) is 5.75 Å². The number of rotatable bonds is 6. The van der Waals surface area contributed by atoms with Crippen LogP contribution in [0, 0.1) is 0 Å². The molecule has 2 aromatic rings. The van der Waals surface area contributed by atoms with E-state index in [1.165, 1.54) is 19.2 Å². The van der Waals surface area contributed by atoms with Crippen molar-refractivity contribution in [2.75, 3.05) is 12.4 Å². The predicted molar refractivity (Wildman–Crippen MR) is 83.5 cm³/mol. The molecule has 22 heavy (non-hydrogen) atoms. The lowest BCUT2D eigenvalue weighted by Gasteiger charge is -2.13. The number of carboxylic acid groups (broad SMARTS) is 1. The summed E-state index contributed by atoms with van der Waals surface area (Å²) in [6.45, 7) is 0.299. The Kier molecular flexibility index (Phi) is 5.03. The molecule has 0 spiro atoms. The molecule has 0 atom stereocenters. The second-order valence-corrected chi connectivity index (χ2v) is 4.68. The lowest BCUT2D eigenvalue weighted by Crippen LogP contribution is -2.33. The monoisotopic (exact) mass is 301 g/mol. The van der Waals surface area contributed by atoms with Crippen molar-refractivity contribution in [1.29, 1.82) is 0 Å². The molecule has 114 valence electrons. The van der Waals surface area contributed by atoms with Gasteiger partial charge in [0, 0.05) is 12.2 Å². The molecule has 7 heteroatoms. The number of carboxylic acids is 1. The van der Waals surface area contributed by atoms with Crippen LogP contribution in [0.2, 0.25) is 0 Å². The van der Waals surface area contributed by atoms with Gasteiger partial charge in [0.2, 0.25) is 0 Å². The Bertz CT molecular complexity index is 675. The zero-order valence-corrected chi connectivity index (χ0v) is 12.0. The Morgan fingerprint density at radius 1 is 1.23 bits per heavy atom. The molecule has 0 radical (unpaired) electrons. The van der Waals surface area contributed by atoms with E-state index in [2.05, 4.69) is 5.32 Å². The topological polar surface area (TPSA) is 99.0 Å². The van der Waals surface area contributed by atoms with E-state index in [1.807, 2.05) is 0 Å². The van der Waals surface area contributed by atoms with Crippen molar-refractivity contribution in [3.63, 3.8) is 0 Å². The molecule has 0 saturated heterocycles. The van der Waals surface area contributed by atoms with Crippen LogP contribution in [0.3, 0.4) is 0 Å². The van der Waals surface area contributed by atoms with Gasteiger partial charge in [-0.1, -0.05) is 12.1 Å². The van der Waals surface area contributed by atoms with Crippen LogP contribution in [0.15, 0.2) is 42.5 Å². The van der Waals surface area contributed by atoms with Crippen LogP contribution in [0.1, 0.15) is 15.9 Å². The number of ether oxygens (including phenoxy) is 1. The third-order valence-electron chi connectivity index (χ3n) is 3.22. The summed E-state index contributed by atoms with van der Waals surface area (Å²) in [6.07, 6.45) is 0. The van der Waals surface area contributed by atoms with Crippen LogP contribution in [0.4, 0.5) is 5.69 Å². The van der Waals surface area contributed by atoms with E-state index >= 15 is 0 Å². The molecule has 0 saturated carbocycles. The van der Waals surface area contributed by atoms with Gasteiger partial charge in [-0.05, 0) is 41.4 Å². The maximum absolute atomic E-state index is 10.9. The summed E-state index contributed by atoms with van der Waals surface area (Å²) in [6, 6.07) is 11.3. The van der Waals surface area contributed by atoms with E-state index in [-0.39, 0.29) is 5.56 Å². The summed E-state index contributed by atoms with van der Waals surface area (Å²) in [5, 5.41) is 30.8. The molecule has 0 heterocycles. The minimum Gasteiger partial charge on any atom is -0.497 e. The first-order valence-electron chi connectivity index (χ1n) is 6.61. The van der Waals surface area contributed by atoms with Crippen LogP contribution in [-0.4, -0.2) is 35.4 Å². The molecule has 0 bridgehead atoms. The Morgan fingerprint density at radius 2 is 2.00 bits per heavy atom. The highest BCUT2D eigenvalue weighted by Gasteiger charge is 2.16. The highest BCUT2D eigenvalue weighted by Crippen LogP contribution is 2.15. The lowest BCUT2D eigenvalue weighted by molar-refractivity contribution is 0.0697. The van der Waals surface area contributed by atoms with E-state index in [4.69, 9.17) is 9.84 Å². The average molecular weight is 301 g/mol. The minimum atomic E-state index is -1.59. The fourth-order valence-corrected chi connectivity index (χ4v) is 2.07. The van der Waals surface area contributed by atoms with Crippen molar-refractivity contribution >= 4 is 24.2 Å². The van der Waals surface area contributed by atoms with Crippen LogP contribution in [-0.2, 0) is 6.54 Å². The largest absolute Gasteiger partial charge is 0.497 e. The first-order valence-corrected chi connectivity index (χ1v) is 6.61. The van der Waals surface area contributed by atoms with Gasteiger partial charge >= 0.3 is 13.1 Å². The zero-order chi connectivity index (χ0) is 16.1. The van der Waals surface area contributed by atoms with E-state index in [0.29, 0.717) is 29.0 Å². The molecular formula is C15H16BNO5. The summed E-state index contributed by atoms with van der Waals surface area (Å²) < 4.78 is 5.12. The second kappa shape index (κ2) is 6.97. The Balaban J connectivity index is 2.20. The van der Waals surface area contributed by atoms with Gasteiger partial charge < -0.3 is 25.2 Å². The van der Waals surface area contributed by atoms with Gasteiger partial charge in [0.25, 0.3) is 0 Å². The van der Waals surface area contributed by atoms with Crippen LogP contribution < -0.4 is 15.5 Å². The maximum atomic E-state index is 10.9. The third kappa shape index (κ3) is 3.78.